The Morgan fingerprint density at radius 3 is 2.68 bits per heavy atom. The molecule has 0 aliphatic carbocycles. The number of benzene rings is 1. The Morgan fingerprint density at radius 1 is 1.26 bits per heavy atom. The third-order valence-electron chi connectivity index (χ3n) is 2.78. The van der Waals surface area contributed by atoms with Crippen molar-refractivity contribution in [2.75, 3.05) is 5.32 Å². The van der Waals surface area contributed by atoms with Crippen LogP contribution in [0, 0.1) is 13.8 Å². The largest absolute Gasteiger partial charge is 0.342 e. The lowest BCUT2D eigenvalue weighted by Gasteiger charge is -2.09. The smallest absolute Gasteiger partial charge is 0.320 e. The molecule has 0 aliphatic heterocycles. The highest BCUT2D eigenvalue weighted by Crippen LogP contribution is 2.18. The van der Waals surface area contributed by atoms with Crippen LogP contribution < -0.4 is 16.6 Å². The van der Waals surface area contributed by atoms with Crippen molar-refractivity contribution >= 4 is 11.6 Å². The number of aromatic nitrogens is 3. The number of aromatic amines is 2. The second-order valence-electron chi connectivity index (χ2n) is 4.06. The van der Waals surface area contributed by atoms with E-state index in [2.05, 4.69) is 10.4 Å². The monoisotopic (exact) mass is 260 g/mol. The maximum atomic E-state index is 11.9. The standard InChI is InChI=1S/C12H12N4O3/c1-6-4-3-5-8(7(6)2)13-10(17)9-11(18)14-12(19)16-15-9/h3-5H,1-2H3,(H,13,17)(H2,14,16,18,19). The van der Waals surface area contributed by atoms with Crippen molar-refractivity contribution in [1.29, 1.82) is 0 Å². The number of hydrogen-bond acceptors (Lipinski definition) is 4. The summed E-state index contributed by atoms with van der Waals surface area (Å²) in [6, 6.07) is 5.43. The van der Waals surface area contributed by atoms with E-state index < -0.39 is 17.2 Å². The second-order valence-corrected chi connectivity index (χ2v) is 4.06. The van der Waals surface area contributed by atoms with Gasteiger partial charge in [-0.15, -0.1) is 0 Å². The second kappa shape index (κ2) is 4.89. The first kappa shape index (κ1) is 12.7. The first-order chi connectivity index (χ1) is 8.99. The number of nitrogens with one attached hydrogen (secondary N) is 3. The lowest BCUT2D eigenvalue weighted by Crippen LogP contribution is -2.32. The first-order valence-corrected chi connectivity index (χ1v) is 5.55. The maximum Gasteiger partial charge on any atom is 0.342 e. The fraction of sp³-hybridized carbons (Fsp3) is 0.167. The predicted octanol–water partition coefficient (Wildman–Crippen LogP) is 0.327. The molecule has 98 valence electrons. The van der Waals surface area contributed by atoms with Gasteiger partial charge in [-0.1, -0.05) is 12.1 Å². The molecule has 3 N–H and O–H groups in total. The van der Waals surface area contributed by atoms with Crippen molar-refractivity contribution in [2.45, 2.75) is 13.8 Å². The van der Waals surface area contributed by atoms with Crippen LogP contribution in [0.2, 0.25) is 0 Å². The molecule has 1 aromatic carbocycles. The Bertz CT molecular complexity index is 745. The van der Waals surface area contributed by atoms with Crippen LogP contribution >= 0.6 is 0 Å². The van der Waals surface area contributed by atoms with Crippen molar-refractivity contribution in [3.8, 4) is 0 Å². The molecule has 7 nitrogen and oxygen atoms in total. The molecule has 1 aromatic heterocycles. The van der Waals surface area contributed by atoms with Crippen LogP contribution in [-0.2, 0) is 0 Å². The summed E-state index contributed by atoms with van der Waals surface area (Å²) in [5, 5.41) is 8.03. The predicted molar refractivity (Wildman–Crippen MR) is 69.3 cm³/mol. The number of aryl methyl sites for hydroxylation is 1. The van der Waals surface area contributed by atoms with Crippen LogP contribution in [0.4, 0.5) is 5.69 Å². The minimum Gasteiger partial charge on any atom is -0.320 e. The number of H-pyrrole nitrogens is 2. The summed E-state index contributed by atoms with van der Waals surface area (Å²) in [6.45, 7) is 3.77. The Hall–Kier alpha value is -2.70. The highest BCUT2D eigenvalue weighted by Gasteiger charge is 2.14. The van der Waals surface area contributed by atoms with E-state index in [-0.39, 0.29) is 5.69 Å². The average molecular weight is 260 g/mol. The number of carbonyl (C=O) groups excluding carboxylic acids is 1. The Balaban J connectivity index is 2.34. The zero-order valence-electron chi connectivity index (χ0n) is 10.4. The molecule has 7 heteroatoms. The molecule has 0 saturated carbocycles. The van der Waals surface area contributed by atoms with Gasteiger partial charge in [-0.05, 0) is 31.0 Å². The Kier molecular flexibility index (Phi) is 3.28. The molecule has 0 spiro atoms. The molecule has 1 amide bonds. The number of amides is 1. The quantitative estimate of drug-likeness (QED) is 0.723. The van der Waals surface area contributed by atoms with Gasteiger partial charge in [0.05, 0.1) is 0 Å². The van der Waals surface area contributed by atoms with Gasteiger partial charge in [0.15, 0.2) is 0 Å². The highest BCUT2D eigenvalue weighted by atomic mass is 16.2. The van der Waals surface area contributed by atoms with Gasteiger partial charge < -0.3 is 5.32 Å². The third kappa shape index (κ3) is 2.59. The molecule has 1 heterocycles. The van der Waals surface area contributed by atoms with E-state index in [0.717, 1.165) is 11.1 Å². The van der Waals surface area contributed by atoms with Gasteiger partial charge >= 0.3 is 5.69 Å². The fourth-order valence-corrected chi connectivity index (χ4v) is 1.57. The maximum absolute atomic E-state index is 11.9. The van der Waals surface area contributed by atoms with Crippen LogP contribution in [0.25, 0.3) is 0 Å². The Labute approximate surface area is 107 Å². The van der Waals surface area contributed by atoms with Crippen molar-refractivity contribution in [1.82, 2.24) is 15.2 Å². The summed E-state index contributed by atoms with van der Waals surface area (Å²) in [7, 11) is 0. The minimum atomic E-state index is -0.827. The number of carbonyl (C=O) groups is 1. The lowest BCUT2D eigenvalue weighted by atomic mass is 10.1. The first-order valence-electron chi connectivity index (χ1n) is 5.55. The minimum absolute atomic E-state index is 0.388. The van der Waals surface area contributed by atoms with Crippen LogP contribution in [-0.4, -0.2) is 21.1 Å². The van der Waals surface area contributed by atoms with Gasteiger partial charge in [-0.25, -0.2) is 9.89 Å². The van der Waals surface area contributed by atoms with Crippen molar-refractivity contribution in [3.05, 3.63) is 55.9 Å². The van der Waals surface area contributed by atoms with Crippen LogP contribution in [0.1, 0.15) is 21.6 Å². The van der Waals surface area contributed by atoms with Crippen LogP contribution in [0.5, 0.6) is 0 Å². The molecule has 0 bridgehead atoms. The third-order valence-corrected chi connectivity index (χ3v) is 2.78. The van der Waals surface area contributed by atoms with Crippen molar-refractivity contribution in [3.63, 3.8) is 0 Å². The van der Waals surface area contributed by atoms with Crippen molar-refractivity contribution in [2.24, 2.45) is 0 Å². The normalized spacial score (nSPS) is 10.2. The summed E-state index contributed by atoms with van der Waals surface area (Å²) in [5.74, 6) is -0.675. The van der Waals surface area contributed by atoms with E-state index in [4.69, 9.17) is 0 Å². The van der Waals surface area contributed by atoms with Gasteiger partial charge in [-0.3, -0.25) is 14.6 Å². The molecule has 0 fully saturated rings. The van der Waals surface area contributed by atoms with E-state index in [9.17, 15) is 14.4 Å². The zero-order valence-corrected chi connectivity index (χ0v) is 10.4. The topological polar surface area (TPSA) is 108 Å². The molecule has 0 unspecified atom stereocenters. The van der Waals surface area contributed by atoms with Gasteiger partial charge in [0.25, 0.3) is 11.5 Å². The van der Waals surface area contributed by atoms with Gasteiger partial charge in [0.1, 0.15) is 0 Å². The van der Waals surface area contributed by atoms with Crippen LogP contribution in [0.15, 0.2) is 27.8 Å². The van der Waals surface area contributed by atoms with E-state index in [1.807, 2.05) is 30.0 Å². The molecule has 0 atom stereocenters. The van der Waals surface area contributed by atoms with Gasteiger partial charge in [-0.2, -0.15) is 5.10 Å². The van der Waals surface area contributed by atoms with Crippen LogP contribution in [0.3, 0.4) is 0 Å². The molecule has 19 heavy (non-hydrogen) atoms. The van der Waals surface area contributed by atoms with Gasteiger partial charge in [0.2, 0.25) is 5.69 Å². The summed E-state index contributed by atoms with van der Waals surface area (Å²) in [6.07, 6.45) is 0. The average Bonchev–Trinajstić information content (AvgIpc) is 2.34. The highest BCUT2D eigenvalue weighted by molar-refractivity contribution is 6.02. The number of nitrogens with zero attached hydrogens (tertiary/aromatic N) is 1. The zero-order chi connectivity index (χ0) is 14.0. The summed E-state index contributed by atoms with van der Waals surface area (Å²) < 4.78 is 0. The fourth-order valence-electron chi connectivity index (χ4n) is 1.57. The Morgan fingerprint density at radius 2 is 2.00 bits per heavy atom. The SMILES string of the molecule is Cc1cccc(NC(=O)c2n[nH]c(=O)[nH]c2=O)c1C. The van der Waals surface area contributed by atoms with E-state index in [0.29, 0.717) is 5.69 Å². The lowest BCUT2D eigenvalue weighted by molar-refractivity contribution is 0.101. The summed E-state index contributed by atoms with van der Waals surface area (Å²) >= 11 is 0. The number of anilines is 1. The number of hydrogen-bond donors (Lipinski definition) is 3. The molecule has 2 rings (SSSR count). The molecule has 0 aliphatic rings. The van der Waals surface area contributed by atoms with E-state index >= 15 is 0 Å². The van der Waals surface area contributed by atoms with E-state index in [1.165, 1.54) is 0 Å². The molecular formula is C12H12N4O3. The van der Waals surface area contributed by atoms with E-state index in [1.54, 1.807) is 12.1 Å². The summed E-state index contributed by atoms with van der Waals surface area (Å²) in [5.41, 5.74) is 0.538. The molecule has 0 saturated heterocycles. The molecule has 2 aromatic rings. The number of rotatable bonds is 2. The van der Waals surface area contributed by atoms with Crippen molar-refractivity contribution < 1.29 is 4.79 Å². The summed E-state index contributed by atoms with van der Waals surface area (Å²) in [4.78, 5) is 36.1. The van der Waals surface area contributed by atoms with Gasteiger partial charge in [0, 0.05) is 5.69 Å². The molecular weight excluding hydrogens is 248 g/mol. The molecule has 0 radical (unpaired) electrons.